The van der Waals surface area contributed by atoms with Gasteiger partial charge in [-0.1, -0.05) is 12.0 Å². The van der Waals surface area contributed by atoms with E-state index in [-0.39, 0.29) is 6.04 Å². The molecular formula is C14H13NO. The first-order valence-corrected chi connectivity index (χ1v) is 5.16. The molecule has 0 spiro atoms. The number of hydrogen-bond donors (Lipinski definition) is 1. The van der Waals surface area contributed by atoms with Crippen LogP contribution in [0.25, 0.3) is 0 Å². The van der Waals surface area contributed by atoms with Crippen molar-refractivity contribution in [2.45, 2.75) is 13.0 Å². The number of rotatable bonds is 3. The molecule has 16 heavy (non-hydrogen) atoms. The molecule has 0 radical (unpaired) electrons. The molecule has 1 unspecified atom stereocenters. The molecule has 2 heteroatoms. The largest absolute Gasteiger partial charge is 0.467 e. The molecule has 0 saturated carbocycles. The van der Waals surface area contributed by atoms with Crippen molar-refractivity contribution in [3.63, 3.8) is 0 Å². The highest BCUT2D eigenvalue weighted by Crippen LogP contribution is 2.19. The van der Waals surface area contributed by atoms with E-state index in [4.69, 9.17) is 10.8 Å². The summed E-state index contributed by atoms with van der Waals surface area (Å²) in [5.74, 6) is 3.52. The summed E-state index contributed by atoms with van der Waals surface area (Å²) in [5.41, 5.74) is 1.87. The zero-order valence-corrected chi connectivity index (χ0v) is 9.10. The second kappa shape index (κ2) is 4.59. The van der Waals surface area contributed by atoms with E-state index in [2.05, 4.69) is 11.2 Å². The Hall–Kier alpha value is -2.14. The Labute approximate surface area is 95.3 Å². The maximum Gasteiger partial charge on any atom is 0.125 e. The maximum absolute atomic E-state index is 5.35. The van der Waals surface area contributed by atoms with E-state index in [9.17, 15) is 0 Å². The van der Waals surface area contributed by atoms with Crippen molar-refractivity contribution in [1.82, 2.24) is 0 Å². The quantitative estimate of drug-likeness (QED) is 0.787. The number of furan rings is 1. The van der Waals surface area contributed by atoms with Gasteiger partial charge in [0, 0.05) is 11.3 Å². The fourth-order valence-electron chi connectivity index (χ4n) is 1.56. The smallest absolute Gasteiger partial charge is 0.125 e. The molecule has 0 saturated heterocycles. The summed E-state index contributed by atoms with van der Waals surface area (Å²) < 4.78 is 5.32. The van der Waals surface area contributed by atoms with Crippen molar-refractivity contribution in [2.24, 2.45) is 0 Å². The van der Waals surface area contributed by atoms with Gasteiger partial charge < -0.3 is 9.73 Å². The van der Waals surface area contributed by atoms with Crippen molar-refractivity contribution >= 4 is 5.69 Å². The normalized spacial score (nSPS) is 11.8. The summed E-state index contributed by atoms with van der Waals surface area (Å²) in [6.07, 6.45) is 7.02. The lowest BCUT2D eigenvalue weighted by atomic mass is 10.2. The molecule has 0 fully saturated rings. The summed E-state index contributed by atoms with van der Waals surface area (Å²) in [4.78, 5) is 0. The van der Waals surface area contributed by atoms with E-state index in [0.29, 0.717) is 0 Å². The van der Waals surface area contributed by atoms with Gasteiger partial charge in [-0.3, -0.25) is 0 Å². The van der Waals surface area contributed by atoms with E-state index in [1.807, 2.05) is 43.3 Å². The molecule has 2 nitrogen and oxygen atoms in total. The second-order valence-electron chi connectivity index (χ2n) is 3.61. The Kier molecular flexibility index (Phi) is 2.98. The van der Waals surface area contributed by atoms with Crippen LogP contribution in [0.2, 0.25) is 0 Å². The Morgan fingerprint density at radius 2 is 2.19 bits per heavy atom. The molecule has 80 valence electrons. The third-order valence-corrected chi connectivity index (χ3v) is 2.38. The van der Waals surface area contributed by atoms with Gasteiger partial charge in [-0.25, -0.2) is 0 Å². The van der Waals surface area contributed by atoms with E-state index in [0.717, 1.165) is 17.0 Å². The fraction of sp³-hybridized carbons (Fsp3) is 0.143. The summed E-state index contributed by atoms with van der Waals surface area (Å²) in [7, 11) is 0. The number of terminal acetylenes is 1. The SMILES string of the molecule is C#Cc1cccc(NC(C)c2ccco2)c1. The van der Waals surface area contributed by atoms with Crippen LogP contribution in [0, 0.1) is 12.3 Å². The fourth-order valence-corrected chi connectivity index (χ4v) is 1.56. The van der Waals surface area contributed by atoms with Gasteiger partial charge >= 0.3 is 0 Å². The highest BCUT2D eigenvalue weighted by atomic mass is 16.3. The predicted octanol–water partition coefficient (Wildman–Crippen LogP) is 3.43. The zero-order valence-electron chi connectivity index (χ0n) is 9.10. The number of anilines is 1. The van der Waals surface area contributed by atoms with Gasteiger partial charge in [-0.05, 0) is 37.3 Å². The lowest BCUT2D eigenvalue weighted by molar-refractivity contribution is 0.490. The Morgan fingerprint density at radius 3 is 2.88 bits per heavy atom. The van der Waals surface area contributed by atoms with Crippen LogP contribution in [0.5, 0.6) is 0 Å². The van der Waals surface area contributed by atoms with Crippen LogP contribution >= 0.6 is 0 Å². The lowest BCUT2D eigenvalue weighted by Crippen LogP contribution is -2.05. The maximum atomic E-state index is 5.35. The van der Waals surface area contributed by atoms with Crippen LogP contribution in [-0.2, 0) is 0 Å². The van der Waals surface area contributed by atoms with Gasteiger partial charge in [0.2, 0.25) is 0 Å². The molecule has 0 aliphatic rings. The van der Waals surface area contributed by atoms with Crippen molar-refractivity contribution in [2.75, 3.05) is 5.32 Å². The van der Waals surface area contributed by atoms with Gasteiger partial charge in [0.05, 0.1) is 12.3 Å². The first-order valence-electron chi connectivity index (χ1n) is 5.16. The third-order valence-electron chi connectivity index (χ3n) is 2.38. The summed E-state index contributed by atoms with van der Waals surface area (Å²) in [6, 6.07) is 11.7. The van der Waals surface area contributed by atoms with Crippen molar-refractivity contribution in [3.05, 3.63) is 54.0 Å². The van der Waals surface area contributed by atoms with E-state index >= 15 is 0 Å². The monoisotopic (exact) mass is 211 g/mol. The van der Waals surface area contributed by atoms with Gasteiger partial charge in [0.15, 0.2) is 0 Å². The Morgan fingerprint density at radius 1 is 1.31 bits per heavy atom. The second-order valence-corrected chi connectivity index (χ2v) is 3.61. The highest BCUT2D eigenvalue weighted by molar-refractivity contribution is 5.50. The Bertz CT molecular complexity index is 494. The van der Waals surface area contributed by atoms with Crippen molar-refractivity contribution in [3.8, 4) is 12.3 Å². The lowest BCUT2D eigenvalue weighted by Gasteiger charge is -2.12. The zero-order chi connectivity index (χ0) is 11.4. The molecule has 2 rings (SSSR count). The van der Waals surface area contributed by atoms with Crippen molar-refractivity contribution < 1.29 is 4.42 Å². The van der Waals surface area contributed by atoms with Crippen LogP contribution in [0.4, 0.5) is 5.69 Å². The molecule has 1 N–H and O–H groups in total. The van der Waals surface area contributed by atoms with Gasteiger partial charge in [0.25, 0.3) is 0 Å². The van der Waals surface area contributed by atoms with Gasteiger partial charge in [0.1, 0.15) is 5.76 Å². The number of benzene rings is 1. The van der Waals surface area contributed by atoms with E-state index < -0.39 is 0 Å². The van der Waals surface area contributed by atoms with Crippen LogP contribution in [0.1, 0.15) is 24.3 Å². The molecule has 1 aromatic carbocycles. The van der Waals surface area contributed by atoms with Crippen LogP contribution < -0.4 is 5.32 Å². The predicted molar refractivity (Wildman–Crippen MR) is 65.1 cm³/mol. The molecule has 0 amide bonds. The highest BCUT2D eigenvalue weighted by Gasteiger charge is 2.07. The minimum Gasteiger partial charge on any atom is -0.467 e. The average Bonchev–Trinajstić information content (AvgIpc) is 2.83. The molecule has 1 aromatic heterocycles. The summed E-state index contributed by atoms with van der Waals surface area (Å²) in [5, 5.41) is 3.33. The third kappa shape index (κ3) is 2.26. The topological polar surface area (TPSA) is 25.2 Å². The molecular weight excluding hydrogens is 198 g/mol. The first-order chi connectivity index (χ1) is 7.79. The molecule has 0 aliphatic carbocycles. The molecule has 0 bridgehead atoms. The number of nitrogens with one attached hydrogen (secondary N) is 1. The first kappa shape index (κ1) is 10.4. The molecule has 1 heterocycles. The van der Waals surface area contributed by atoms with Crippen LogP contribution in [0.15, 0.2) is 47.1 Å². The van der Waals surface area contributed by atoms with E-state index in [1.54, 1.807) is 6.26 Å². The minimum atomic E-state index is 0.128. The van der Waals surface area contributed by atoms with E-state index in [1.165, 1.54) is 0 Å². The average molecular weight is 211 g/mol. The molecule has 2 aromatic rings. The van der Waals surface area contributed by atoms with Crippen LogP contribution in [-0.4, -0.2) is 0 Å². The molecule has 1 atom stereocenters. The van der Waals surface area contributed by atoms with Gasteiger partial charge in [-0.15, -0.1) is 6.42 Å². The summed E-state index contributed by atoms with van der Waals surface area (Å²) >= 11 is 0. The Balaban J connectivity index is 2.12. The minimum absolute atomic E-state index is 0.128. The van der Waals surface area contributed by atoms with Crippen LogP contribution in [0.3, 0.4) is 0 Å². The molecule has 0 aliphatic heterocycles. The summed E-state index contributed by atoms with van der Waals surface area (Å²) in [6.45, 7) is 2.04. The van der Waals surface area contributed by atoms with Gasteiger partial charge in [-0.2, -0.15) is 0 Å². The number of hydrogen-bond acceptors (Lipinski definition) is 2. The standard InChI is InChI=1S/C14H13NO/c1-3-12-6-4-7-13(10-12)15-11(2)14-8-5-9-16-14/h1,4-11,15H,2H3. The van der Waals surface area contributed by atoms with Crippen molar-refractivity contribution in [1.29, 1.82) is 0 Å².